The number of hydrogen-bond acceptors (Lipinski definition) is 5. The zero-order valence-corrected chi connectivity index (χ0v) is 14.5. The highest BCUT2D eigenvalue weighted by Crippen LogP contribution is 2.29. The SMILES string of the molecule is CCN1CCc2nc(NC(=O)c3n[nH]c4ccc(C)cc34)sc2C1. The van der Waals surface area contributed by atoms with Crippen molar-refractivity contribution in [3.63, 3.8) is 0 Å². The van der Waals surface area contributed by atoms with E-state index in [1.807, 2.05) is 25.1 Å². The summed E-state index contributed by atoms with van der Waals surface area (Å²) < 4.78 is 0. The number of H-pyrrole nitrogens is 1. The molecule has 1 aliphatic rings. The number of aromatic nitrogens is 3. The summed E-state index contributed by atoms with van der Waals surface area (Å²) in [5.74, 6) is -0.217. The molecule has 0 atom stereocenters. The van der Waals surface area contributed by atoms with Crippen molar-refractivity contribution in [3.05, 3.63) is 40.0 Å². The van der Waals surface area contributed by atoms with E-state index in [-0.39, 0.29) is 5.91 Å². The highest BCUT2D eigenvalue weighted by molar-refractivity contribution is 7.15. The number of anilines is 1. The molecule has 24 heavy (non-hydrogen) atoms. The number of thiazole rings is 1. The van der Waals surface area contributed by atoms with Crippen LogP contribution in [0.15, 0.2) is 18.2 Å². The van der Waals surface area contributed by atoms with Crippen molar-refractivity contribution in [1.82, 2.24) is 20.1 Å². The summed E-state index contributed by atoms with van der Waals surface area (Å²) >= 11 is 1.57. The first kappa shape index (κ1) is 15.3. The number of aromatic amines is 1. The predicted molar refractivity (Wildman–Crippen MR) is 95.6 cm³/mol. The summed E-state index contributed by atoms with van der Waals surface area (Å²) in [7, 11) is 0. The predicted octanol–water partition coefficient (Wildman–Crippen LogP) is 2.96. The van der Waals surface area contributed by atoms with Crippen LogP contribution in [0.3, 0.4) is 0 Å². The molecule has 2 aromatic heterocycles. The second-order valence-electron chi connectivity index (χ2n) is 6.08. The number of nitrogens with one attached hydrogen (secondary N) is 2. The molecule has 0 bridgehead atoms. The van der Waals surface area contributed by atoms with Gasteiger partial charge in [0, 0.05) is 29.8 Å². The van der Waals surface area contributed by atoms with Crippen LogP contribution < -0.4 is 5.32 Å². The first-order valence-electron chi connectivity index (χ1n) is 8.11. The topological polar surface area (TPSA) is 73.9 Å². The fourth-order valence-electron chi connectivity index (χ4n) is 3.03. The number of aryl methyl sites for hydroxylation is 1. The molecular weight excluding hydrogens is 322 g/mol. The van der Waals surface area contributed by atoms with Gasteiger partial charge in [0.05, 0.1) is 11.2 Å². The van der Waals surface area contributed by atoms with Crippen molar-refractivity contribution < 1.29 is 4.79 Å². The molecule has 1 aliphatic heterocycles. The Morgan fingerprint density at radius 2 is 2.33 bits per heavy atom. The molecular formula is C17H19N5OS. The van der Waals surface area contributed by atoms with E-state index < -0.39 is 0 Å². The Morgan fingerprint density at radius 1 is 1.46 bits per heavy atom. The summed E-state index contributed by atoms with van der Waals surface area (Å²) in [5.41, 5.74) is 3.49. The third kappa shape index (κ3) is 2.70. The number of fused-ring (bicyclic) bond motifs is 2. The van der Waals surface area contributed by atoms with Crippen molar-refractivity contribution in [2.75, 3.05) is 18.4 Å². The highest BCUT2D eigenvalue weighted by Gasteiger charge is 2.21. The first-order chi connectivity index (χ1) is 11.6. The molecule has 3 heterocycles. The monoisotopic (exact) mass is 341 g/mol. The molecule has 4 rings (SSSR count). The maximum absolute atomic E-state index is 12.6. The van der Waals surface area contributed by atoms with E-state index in [9.17, 15) is 4.79 Å². The van der Waals surface area contributed by atoms with Crippen LogP contribution in [0.2, 0.25) is 0 Å². The second kappa shape index (κ2) is 5.99. The minimum Gasteiger partial charge on any atom is -0.298 e. The number of nitrogens with zero attached hydrogens (tertiary/aromatic N) is 3. The highest BCUT2D eigenvalue weighted by atomic mass is 32.1. The molecule has 1 aromatic carbocycles. The minimum absolute atomic E-state index is 0.217. The van der Waals surface area contributed by atoms with Crippen LogP contribution >= 0.6 is 11.3 Å². The lowest BCUT2D eigenvalue weighted by Gasteiger charge is -2.23. The lowest BCUT2D eigenvalue weighted by atomic mass is 10.1. The van der Waals surface area contributed by atoms with Crippen molar-refractivity contribution in [2.45, 2.75) is 26.8 Å². The quantitative estimate of drug-likeness (QED) is 0.768. The van der Waals surface area contributed by atoms with Gasteiger partial charge >= 0.3 is 0 Å². The fourth-order valence-corrected chi connectivity index (χ4v) is 4.07. The van der Waals surface area contributed by atoms with Crippen molar-refractivity contribution in [3.8, 4) is 0 Å². The minimum atomic E-state index is -0.217. The lowest BCUT2D eigenvalue weighted by molar-refractivity contribution is 0.102. The molecule has 0 spiro atoms. The van der Waals surface area contributed by atoms with Gasteiger partial charge in [-0.15, -0.1) is 11.3 Å². The van der Waals surface area contributed by atoms with Gasteiger partial charge in [-0.3, -0.25) is 20.1 Å². The number of likely N-dealkylation sites (N-methyl/N-ethyl adjacent to an activating group) is 1. The zero-order chi connectivity index (χ0) is 16.7. The molecule has 2 N–H and O–H groups in total. The standard InChI is InChI=1S/C17H19N5OS/c1-3-22-7-6-13-14(9-22)24-17(18-13)19-16(23)15-11-8-10(2)4-5-12(11)20-21-15/h4-5,8H,3,6-7,9H2,1-2H3,(H,20,21)(H,18,19,23). The lowest BCUT2D eigenvalue weighted by Crippen LogP contribution is -2.29. The number of rotatable bonds is 3. The van der Waals surface area contributed by atoms with E-state index >= 15 is 0 Å². The number of benzene rings is 1. The third-order valence-corrected chi connectivity index (χ3v) is 5.41. The van der Waals surface area contributed by atoms with Crippen molar-refractivity contribution >= 4 is 33.3 Å². The Kier molecular flexibility index (Phi) is 3.82. The average molecular weight is 341 g/mol. The maximum atomic E-state index is 12.6. The molecule has 0 fully saturated rings. The van der Waals surface area contributed by atoms with E-state index in [1.165, 1.54) is 4.88 Å². The molecule has 0 saturated heterocycles. The van der Waals surface area contributed by atoms with Gasteiger partial charge in [0.25, 0.3) is 5.91 Å². The van der Waals surface area contributed by atoms with Crippen LogP contribution in [-0.2, 0) is 13.0 Å². The van der Waals surface area contributed by atoms with Crippen LogP contribution in [0.25, 0.3) is 10.9 Å². The summed E-state index contributed by atoms with van der Waals surface area (Å²) in [6.45, 7) is 7.16. The Bertz CT molecular complexity index is 913. The van der Waals surface area contributed by atoms with Gasteiger partial charge in [-0.25, -0.2) is 4.98 Å². The van der Waals surface area contributed by atoms with Crippen LogP contribution in [0.4, 0.5) is 5.13 Å². The Hall–Kier alpha value is -2.25. The molecule has 0 aliphatic carbocycles. The van der Waals surface area contributed by atoms with Gasteiger partial charge < -0.3 is 0 Å². The van der Waals surface area contributed by atoms with Crippen LogP contribution in [-0.4, -0.2) is 39.1 Å². The van der Waals surface area contributed by atoms with Crippen LogP contribution in [0.1, 0.15) is 33.5 Å². The number of carbonyl (C=O) groups is 1. The molecule has 3 aromatic rings. The summed E-state index contributed by atoms with van der Waals surface area (Å²) in [6.07, 6.45) is 0.945. The molecule has 0 radical (unpaired) electrons. The fraction of sp³-hybridized carbons (Fsp3) is 0.353. The largest absolute Gasteiger partial charge is 0.298 e. The van der Waals surface area contributed by atoms with E-state index in [1.54, 1.807) is 11.3 Å². The van der Waals surface area contributed by atoms with Gasteiger partial charge in [-0.1, -0.05) is 18.6 Å². The average Bonchev–Trinajstić information content (AvgIpc) is 3.16. The molecule has 0 unspecified atom stereocenters. The number of amides is 1. The Balaban J connectivity index is 1.58. The Morgan fingerprint density at radius 3 is 3.17 bits per heavy atom. The Labute approximate surface area is 143 Å². The molecule has 1 amide bonds. The van der Waals surface area contributed by atoms with Crippen molar-refractivity contribution in [1.29, 1.82) is 0 Å². The van der Waals surface area contributed by atoms with Gasteiger partial charge in [0.2, 0.25) is 0 Å². The third-order valence-electron chi connectivity index (χ3n) is 4.41. The zero-order valence-electron chi connectivity index (χ0n) is 13.7. The van der Waals surface area contributed by atoms with Gasteiger partial charge in [-0.2, -0.15) is 5.10 Å². The normalized spacial score (nSPS) is 14.8. The van der Waals surface area contributed by atoms with E-state index in [0.29, 0.717) is 10.8 Å². The van der Waals surface area contributed by atoms with Crippen LogP contribution in [0.5, 0.6) is 0 Å². The summed E-state index contributed by atoms with van der Waals surface area (Å²) in [5, 5.41) is 11.5. The van der Waals surface area contributed by atoms with Crippen molar-refractivity contribution in [2.24, 2.45) is 0 Å². The van der Waals surface area contributed by atoms with Gasteiger partial charge in [0.1, 0.15) is 0 Å². The maximum Gasteiger partial charge on any atom is 0.278 e. The van der Waals surface area contributed by atoms with E-state index in [0.717, 1.165) is 48.2 Å². The van der Waals surface area contributed by atoms with Gasteiger partial charge in [0.15, 0.2) is 10.8 Å². The summed E-state index contributed by atoms with van der Waals surface area (Å²) in [4.78, 5) is 20.8. The van der Waals surface area contributed by atoms with E-state index in [4.69, 9.17) is 0 Å². The van der Waals surface area contributed by atoms with Crippen LogP contribution in [0, 0.1) is 6.92 Å². The molecule has 0 saturated carbocycles. The number of hydrogen-bond donors (Lipinski definition) is 2. The van der Waals surface area contributed by atoms with E-state index in [2.05, 4.69) is 32.3 Å². The second-order valence-corrected chi connectivity index (χ2v) is 7.17. The number of carbonyl (C=O) groups excluding carboxylic acids is 1. The first-order valence-corrected chi connectivity index (χ1v) is 8.92. The van der Waals surface area contributed by atoms with Gasteiger partial charge in [-0.05, 0) is 25.6 Å². The smallest absolute Gasteiger partial charge is 0.278 e. The molecule has 6 nitrogen and oxygen atoms in total. The molecule has 124 valence electrons. The molecule has 7 heteroatoms. The summed E-state index contributed by atoms with van der Waals surface area (Å²) in [6, 6.07) is 5.91.